The maximum atomic E-state index is 14.2. The molecule has 3 heterocycles. The van der Waals surface area contributed by atoms with Gasteiger partial charge in [0.05, 0.1) is 17.8 Å². The summed E-state index contributed by atoms with van der Waals surface area (Å²) in [5.74, 6) is -0.0480. The fourth-order valence-corrected chi connectivity index (χ4v) is 3.85. The molecule has 8 heteroatoms. The minimum Gasteiger partial charge on any atom is -0.478 e. The van der Waals surface area contributed by atoms with Gasteiger partial charge in [-0.1, -0.05) is 24.8 Å². The van der Waals surface area contributed by atoms with Crippen LogP contribution >= 0.6 is 0 Å². The van der Waals surface area contributed by atoms with Crippen LogP contribution in [0.2, 0.25) is 0 Å². The molecule has 1 aliphatic heterocycles. The van der Waals surface area contributed by atoms with Crippen molar-refractivity contribution in [1.82, 2.24) is 15.0 Å². The van der Waals surface area contributed by atoms with Crippen LogP contribution in [0.5, 0.6) is 5.75 Å². The molecule has 156 valence electrons. The first kappa shape index (κ1) is 19.2. The molecule has 0 bridgehead atoms. The maximum Gasteiger partial charge on any atom is 0.179 e. The van der Waals surface area contributed by atoms with Gasteiger partial charge >= 0.3 is 0 Å². The van der Waals surface area contributed by atoms with Gasteiger partial charge in [-0.3, -0.25) is 0 Å². The third-order valence-corrected chi connectivity index (χ3v) is 5.29. The van der Waals surface area contributed by atoms with Gasteiger partial charge in [0.1, 0.15) is 28.9 Å². The smallest absolute Gasteiger partial charge is 0.179 e. The largest absolute Gasteiger partial charge is 0.478 e. The van der Waals surface area contributed by atoms with E-state index in [0.29, 0.717) is 11.6 Å². The van der Waals surface area contributed by atoms with Crippen LogP contribution < -0.4 is 9.64 Å². The van der Waals surface area contributed by atoms with E-state index < -0.39 is 23.8 Å². The van der Waals surface area contributed by atoms with Crippen molar-refractivity contribution < 1.29 is 18.6 Å². The number of nitrogens with one attached hydrogen (secondary N) is 1. The summed E-state index contributed by atoms with van der Waals surface area (Å²) in [6.45, 7) is 3.45. The molecule has 4 aromatic rings. The van der Waals surface area contributed by atoms with Crippen molar-refractivity contribution in [2.45, 2.75) is 12.1 Å². The fourth-order valence-electron chi connectivity index (χ4n) is 3.85. The Morgan fingerprint density at radius 2 is 2.03 bits per heavy atom. The summed E-state index contributed by atoms with van der Waals surface area (Å²) in [6, 6.07) is 12.4. The number of rotatable bonds is 4. The van der Waals surface area contributed by atoms with E-state index in [9.17, 15) is 13.9 Å². The number of pyridine rings is 1. The topological polar surface area (TPSA) is 74.3 Å². The number of anilines is 2. The molecule has 31 heavy (non-hydrogen) atoms. The predicted molar refractivity (Wildman–Crippen MR) is 113 cm³/mol. The number of hydrogen-bond acceptors (Lipinski definition) is 5. The van der Waals surface area contributed by atoms with Crippen molar-refractivity contribution in [3.05, 3.63) is 84.3 Å². The van der Waals surface area contributed by atoms with Crippen LogP contribution in [0.25, 0.3) is 17.1 Å². The molecule has 1 aliphatic rings. The van der Waals surface area contributed by atoms with E-state index in [0.717, 1.165) is 17.3 Å². The number of ether oxygens (including phenoxy) is 1. The van der Waals surface area contributed by atoms with E-state index in [4.69, 9.17) is 4.74 Å². The lowest BCUT2D eigenvalue weighted by Crippen LogP contribution is -2.45. The van der Waals surface area contributed by atoms with Crippen molar-refractivity contribution in [2.75, 3.05) is 11.5 Å². The zero-order valence-electron chi connectivity index (χ0n) is 16.3. The van der Waals surface area contributed by atoms with Crippen LogP contribution in [0, 0.1) is 11.6 Å². The van der Waals surface area contributed by atoms with Crippen molar-refractivity contribution in [2.24, 2.45) is 0 Å². The first-order valence-corrected chi connectivity index (χ1v) is 9.68. The van der Waals surface area contributed by atoms with Crippen molar-refractivity contribution in [3.63, 3.8) is 0 Å². The Morgan fingerprint density at radius 1 is 1.19 bits per heavy atom. The van der Waals surface area contributed by atoms with Crippen molar-refractivity contribution in [1.29, 1.82) is 0 Å². The Hall–Kier alpha value is -3.78. The van der Waals surface area contributed by atoms with Crippen LogP contribution in [0.15, 0.2) is 61.3 Å². The number of aliphatic hydroxyl groups excluding tert-OH is 1. The summed E-state index contributed by atoms with van der Waals surface area (Å²) in [7, 11) is 0. The molecular weight excluding hydrogens is 402 g/mol. The summed E-state index contributed by atoms with van der Waals surface area (Å²) in [5, 5.41) is 10.3. The van der Waals surface area contributed by atoms with Gasteiger partial charge in [-0.15, -0.1) is 0 Å². The Bertz CT molecular complexity index is 1270. The number of H-pyrrole nitrogens is 1. The minimum absolute atomic E-state index is 0.00978. The van der Waals surface area contributed by atoms with Crippen LogP contribution in [-0.2, 0) is 0 Å². The number of aliphatic hydroxyl groups is 1. The second-order valence-electron chi connectivity index (χ2n) is 7.19. The average molecular weight is 420 g/mol. The number of nitrogens with zero attached hydrogens (tertiary/aromatic N) is 3. The number of benzene rings is 2. The van der Waals surface area contributed by atoms with Gasteiger partial charge in [-0.2, -0.15) is 0 Å². The van der Waals surface area contributed by atoms with Crippen LogP contribution in [0.4, 0.5) is 20.3 Å². The summed E-state index contributed by atoms with van der Waals surface area (Å²) < 4.78 is 34.0. The number of para-hydroxylation sites is 2. The van der Waals surface area contributed by atoms with Gasteiger partial charge in [-0.05, 0) is 35.9 Å². The maximum absolute atomic E-state index is 14.2. The summed E-state index contributed by atoms with van der Waals surface area (Å²) >= 11 is 0. The third-order valence-electron chi connectivity index (χ3n) is 5.29. The normalized spacial score (nSPS) is 18.0. The van der Waals surface area contributed by atoms with Gasteiger partial charge in [0, 0.05) is 12.3 Å². The number of fused-ring (bicyclic) bond motifs is 2. The molecule has 0 unspecified atom stereocenters. The lowest BCUT2D eigenvalue weighted by Gasteiger charge is -2.41. The highest BCUT2D eigenvalue weighted by Gasteiger charge is 2.39. The molecule has 5 rings (SSSR count). The van der Waals surface area contributed by atoms with Crippen LogP contribution in [0.3, 0.4) is 0 Å². The Morgan fingerprint density at radius 3 is 2.77 bits per heavy atom. The van der Waals surface area contributed by atoms with Crippen LogP contribution in [-0.4, -0.2) is 32.7 Å². The molecular formula is C23H18F2N4O2. The van der Waals surface area contributed by atoms with Crippen molar-refractivity contribution in [3.8, 4) is 5.75 Å². The second kappa shape index (κ2) is 7.48. The summed E-state index contributed by atoms with van der Waals surface area (Å²) in [4.78, 5) is 13.6. The van der Waals surface area contributed by atoms with Gasteiger partial charge in [-0.25, -0.2) is 18.7 Å². The monoisotopic (exact) mass is 420 g/mol. The lowest BCUT2D eigenvalue weighted by molar-refractivity contribution is 0.112. The molecule has 0 spiro atoms. The Labute approximate surface area is 176 Å². The standard InChI is InChI=1S/C23H18F2N4O2/c1-2-13-7-8-20(26-11-13)29-17-5-3-4-6-19(17)31-22(18(29)12-30)23-27-16-10-14(24)9-15(25)21(16)28-23/h2-11,18,22,30H,1,12H2,(H,27,28)/t18-,22-/m0/s1. The molecule has 0 radical (unpaired) electrons. The molecule has 0 saturated carbocycles. The highest BCUT2D eigenvalue weighted by Crippen LogP contribution is 2.44. The molecule has 0 saturated heterocycles. The number of halogens is 2. The van der Waals surface area contributed by atoms with Crippen molar-refractivity contribution >= 4 is 28.6 Å². The van der Waals surface area contributed by atoms with E-state index in [-0.39, 0.29) is 23.5 Å². The number of hydrogen-bond donors (Lipinski definition) is 2. The van der Waals surface area contributed by atoms with Gasteiger partial charge < -0.3 is 19.7 Å². The fraction of sp³-hybridized carbons (Fsp3) is 0.130. The average Bonchev–Trinajstić information content (AvgIpc) is 3.22. The zero-order valence-corrected chi connectivity index (χ0v) is 16.3. The second-order valence-corrected chi connectivity index (χ2v) is 7.19. The zero-order chi connectivity index (χ0) is 21.5. The van der Waals surface area contributed by atoms with Crippen LogP contribution in [0.1, 0.15) is 17.5 Å². The molecule has 2 N–H and O–H groups in total. The van der Waals surface area contributed by atoms with E-state index >= 15 is 0 Å². The number of aromatic nitrogens is 3. The van der Waals surface area contributed by atoms with Gasteiger partial charge in [0.2, 0.25) is 0 Å². The number of imidazole rings is 1. The molecule has 0 fully saturated rings. The van der Waals surface area contributed by atoms with Gasteiger partial charge in [0.15, 0.2) is 17.7 Å². The highest BCUT2D eigenvalue weighted by molar-refractivity contribution is 5.76. The van der Waals surface area contributed by atoms with E-state index in [1.807, 2.05) is 35.2 Å². The third kappa shape index (κ3) is 3.21. The summed E-state index contributed by atoms with van der Waals surface area (Å²) in [5.41, 5.74) is 1.81. The lowest BCUT2D eigenvalue weighted by atomic mass is 10.0. The first-order chi connectivity index (χ1) is 15.1. The molecule has 2 aromatic heterocycles. The van der Waals surface area contributed by atoms with E-state index in [2.05, 4.69) is 21.5 Å². The van der Waals surface area contributed by atoms with Gasteiger partial charge in [0.25, 0.3) is 0 Å². The Balaban J connectivity index is 1.65. The molecule has 6 nitrogen and oxygen atoms in total. The van der Waals surface area contributed by atoms with E-state index in [1.54, 1.807) is 18.3 Å². The number of aromatic amines is 1. The molecule has 2 atom stereocenters. The SMILES string of the molecule is C=Cc1ccc(N2c3ccccc3O[C@H](c3nc4c(F)cc(F)cc4[nH]3)[C@@H]2CO)nc1. The molecule has 0 aliphatic carbocycles. The Kier molecular flexibility index (Phi) is 4.63. The predicted octanol–water partition coefficient (Wildman–Crippen LogP) is 4.51. The molecule has 2 aromatic carbocycles. The molecule has 0 amide bonds. The first-order valence-electron chi connectivity index (χ1n) is 9.68. The quantitative estimate of drug-likeness (QED) is 0.508. The van der Waals surface area contributed by atoms with E-state index in [1.165, 1.54) is 6.07 Å². The minimum atomic E-state index is -0.782. The highest BCUT2D eigenvalue weighted by atomic mass is 19.1. The summed E-state index contributed by atoms with van der Waals surface area (Å²) in [6.07, 6.45) is 2.59.